The zero-order valence-electron chi connectivity index (χ0n) is 18.1. The number of likely N-dealkylation sites (tertiary alicyclic amines) is 1. The van der Waals surface area contributed by atoms with E-state index >= 15 is 0 Å². The third kappa shape index (κ3) is 6.47. The Bertz CT molecular complexity index is 747. The highest BCUT2D eigenvalue weighted by Gasteiger charge is 2.28. The van der Waals surface area contributed by atoms with Crippen LogP contribution in [0.1, 0.15) is 63.5 Å². The molecule has 1 aromatic rings. The van der Waals surface area contributed by atoms with Gasteiger partial charge in [0.05, 0.1) is 0 Å². The number of urea groups is 1. The summed E-state index contributed by atoms with van der Waals surface area (Å²) in [7, 11) is 0. The van der Waals surface area contributed by atoms with Gasteiger partial charge in [-0.1, -0.05) is 30.7 Å². The minimum atomic E-state index is -0.198. The molecule has 1 saturated heterocycles. The van der Waals surface area contributed by atoms with Crippen LogP contribution < -0.4 is 16.0 Å². The van der Waals surface area contributed by atoms with Crippen molar-refractivity contribution >= 4 is 17.8 Å². The van der Waals surface area contributed by atoms with Crippen LogP contribution in [0.15, 0.2) is 24.3 Å². The third-order valence-electron chi connectivity index (χ3n) is 5.83. The molecule has 0 aromatic heterocycles. The Hall–Kier alpha value is -2.57. The van der Waals surface area contributed by atoms with Gasteiger partial charge in [-0.15, -0.1) is 0 Å². The molecule has 2 atom stereocenters. The second-order valence-electron chi connectivity index (χ2n) is 8.79. The maximum atomic E-state index is 12.3. The molecule has 164 valence electrons. The molecular formula is C23H34N4O3. The first kappa shape index (κ1) is 22.1. The summed E-state index contributed by atoms with van der Waals surface area (Å²) >= 11 is 0. The smallest absolute Gasteiger partial charge is 0.315 e. The van der Waals surface area contributed by atoms with Gasteiger partial charge in [-0.3, -0.25) is 9.59 Å². The van der Waals surface area contributed by atoms with Crippen LogP contribution in [0.2, 0.25) is 0 Å². The van der Waals surface area contributed by atoms with Crippen LogP contribution in [0.25, 0.3) is 0 Å². The second kappa shape index (κ2) is 10.5. The molecule has 0 radical (unpaired) electrons. The van der Waals surface area contributed by atoms with Crippen molar-refractivity contribution in [1.82, 2.24) is 20.9 Å². The fourth-order valence-electron chi connectivity index (χ4n) is 4.23. The topological polar surface area (TPSA) is 90.5 Å². The van der Waals surface area contributed by atoms with Gasteiger partial charge >= 0.3 is 6.03 Å². The molecule has 0 bridgehead atoms. The van der Waals surface area contributed by atoms with Crippen LogP contribution >= 0.6 is 0 Å². The fourth-order valence-corrected chi connectivity index (χ4v) is 4.23. The van der Waals surface area contributed by atoms with E-state index in [4.69, 9.17) is 0 Å². The van der Waals surface area contributed by atoms with Crippen LogP contribution in [-0.2, 0) is 22.7 Å². The highest BCUT2D eigenvalue weighted by Crippen LogP contribution is 2.24. The van der Waals surface area contributed by atoms with E-state index in [0.29, 0.717) is 25.9 Å². The van der Waals surface area contributed by atoms with Crippen LogP contribution in [0, 0.1) is 5.92 Å². The second-order valence-corrected chi connectivity index (χ2v) is 8.79. The molecule has 0 spiro atoms. The number of nitrogens with zero attached hydrogens (tertiary/aromatic N) is 1. The highest BCUT2D eigenvalue weighted by molar-refractivity contribution is 5.79. The van der Waals surface area contributed by atoms with Gasteiger partial charge < -0.3 is 20.9 Å². The van der Waals surface area contributed by atoms with Gasteiger partial charge in [-0.05, 0) is 50.7 Å². The third-order valence-corrected chi connectivity index (χ3v) is 5.83. The number of carbonyl (C=O) groups excluding carboxylic acids is 3. The van der Waals surface area contributed by atoms with Crippen molar-refractivity contribution in [3.8, 4) is 0 Å². The summed E-state index contributed by atoms with van der Waals surface area (Å²) < 4.78 is 0. The molecule has 2 unspecified atom stereocenters. The van der Waals surface area contributed by atoms with Crippen LogP contribution in [-0.4, -0.2) is 41.4 Å². The average Bonchev–Trinajstić information content (AvgIpc) is 3.11. The SMILES string of the molecule is CC(C)NC(=O)C1CCCC(NC(=O)NCc2ccc(CN3CCCC3=O)cc2)C1. The molecule has 2 fully saturated rings. The first-order valence-corrected chi connectivity index (χ1v) is 11.1. The molecule has 1 aliphatic carbocycles. The highest BCUT2D eigenvalue weighted by atomic mass is 16.2. The van der Waals surface area contributed by atoms with Crippen molar-refractivity contribution in [3.63, 3.8) is 0 Å². The number of hydrogen-bond donors (Lipinski definition) is 3. The van der Waals surface area contributed by atoms with Crippen LogP contribution in [0.5, 0.6) is 0 Å². The Balaban J connectivity index is 1.40. The molecule has 7 nitrogen and oxygen atoms in total. The number of carbonyl (C=O) groups is 3. The molecule has 4 amide bonds. The fraction of sp³-hybridized carbons (Fsp3) is 0.609. The maximum Gasteiger partial charge on any atom is 0.315 e. The molecule has 7 heteroatoms. The van der Waals surface area contributed by atoms with E-state index in [1.54, 1.807) is 0 Å². The summed E-state index contributed by atoms with van der Waals surface area (Å²) in [5.41, 5.74) is 2.12. The summed E-state index contributed by atoms with van der Waals surface area (Å²) in [6.45, 7) is 5.85. The number of nitrogens with one attached hydrogen (secondary N) is 3. The van der Waals surface area contributed by atoms with Gasteiger partial charge in [0.2, 0.25) is 11.8 Å². The van der Waals surface area contributed by atoms with E-state index in [2.05, 4.69) is 16.0 Å². The number of amides is 4. The lowest BCUT2D eigenvalue weighted by Gasteiger charge is -2.29. The van der Waals surface area contributed by atoms with Crippen molar-refractivity contribution in [2.75, 3.05) is 6.54 Å². The van der Waals surface area contributed by atoms with Gasteiger partial charge in [-0.2, -0.15) is 0 Å². The Morgan fingerprint density at radius 3 is 2.50 bits per heavy atom. The number of hydrogen-bond acceptors (Lipinski definition) is 3. The van der Waals surface area contributed by atoms with Gasteiger partial charge in [0, 0.05) is 44.1 Å². The largest absolute Gasteiger partial charge is 0.354 e. The Morgan fingerprint density at radius 1 is 1.10 bits per heavy atom. The molecule has 30 heavy (non-hydrogen) atoms. The lowest BCUT2D eigenvalue weighted by Crippen LogP contribution is -2.46. The van der Waals surface area contributed by atoms with E-state index in [9.17, 15) is 14.4 Å². The summed E-state index contributed by atoms with van der Waals surface area (Å²) in [6, 6.07) is 7.97. The molecule has 1 aromatic carbocycles. The van der Waals surface area contributed by atoms with Gasteiger partial charge in [-0.25, -0.2) is 4.79 Å². The summed E-state index contributed by atoms with van der Waals surface area (Å²) in [4.78, 5) is 38.2. The molecule has 1 aliphatic heterocycles. The van der Waals surface area contributed by atoms with Crippen molar-refractivity contribution in [3.05, 3.63) is 35.4 Å². The molecule has 3 N–H and O–H groups in total. The molecule has 2 aliphatic rings. The molecule has 1 saturated carbocycles. The summed E-state index contributed by atoms with van der Waals surface area (Å²) in [5.74, 6) is 0.290. The Morgan fingerprint density at radius 2 is 1.83 bits per heavy atom. The zero-order chi connectivity index (χ0) is 21.5. The monoisotopic (exact) mass is 414 g/mol. The summed E-state index contributed by atoms with van der Waals surface area (Å²) in [6.07, 6.45) is 5.02. The molecule has 3 rings (SSSR count). The van der Waals surface area contributed by atoms with Crippen molar-refractivity contribution in [1.29, 1.82) is 0 Å². The minimum absolute atomic E-state index is 0.0264. The molecular weight excluding hydrogens is 380 g/mol. The Labute approximate surface area is 179 Å². The van der Waals surface area contributed by atoms with E-state index in [1.165, 1.54) is 0 Å². The predicted octanol–water partition coefficient (Wildman–Crippen LogP) is 2.69. The first-order chi connectivity index (χ1) is 14.4. The van der Waals surface area contributed by atoms with E-state index in [0.717, 1.165) is 43.4 Å². The van der Waals surface area contributed by atoms with Crippen molar-refractivity contribution in [2.45, 2.75) is 77.5 Å². The maximum absolute atomic E-state index is 12.3. The van der Waals surface area contributed by atoms with Crippen molar-refractivity contribution in [2.24, 2.45) is 5.92 Å². The normalized spacial score (nSPS) is 21.6. The predicted molar refractivity (Wildman–Crippen MR) is 115 cm³/mol. The average molecular weight is 415 g/mol. The minimum Gasteiger partial charge on any atom is -0.354 e. The van der Waals surface area contributed by atoms with E-state index in [1.807, 2.05) is 43.0 Å². The van der Waals surface area contributed by atoms with Crippen LogP contribution in [0.3, 0.4) is 0 Å². The standard InChI is InChI=1S/C23H34N4O3/c1-16(2)25-22(29)19-5-3-6-20(13-19)26-23(30)24-14-17-8-10-18(11-9-17)15-27-12-4-7-21(27)28/h8-11,16,19-20H,3-7,12-15H2,1-2H3,(H,25,29)(H2,24,26,30). The lowest BCUT2D eigenvalue weighted by molar-refractivity contribution is -0.128. The first-order valence-electron chi connectivity index (χ1n) is 11.1. The number of rotatable bonds is 7. The van der Waals surface area contributed by atoms with Gasteiger partial charge in [0.25, 0.3) is 0 Å². The summed E-state index contributed by atoms with van der Waals surface area (Å²) in [5, 5.41) is 8.90. The van der Waals surface area contributed by atoms with Crippen molar-refractivity contribution < 1.29 is 14.4 Å². The molecule has 1 heterocycles. The zero-order valence-corrected chi connectivity index (χ0v) is 18.1. The van der Waals surface area contributed by atoms with E-state index < -0.39 is 0 Å². The van der Waals surface area contributed by atoms with Crippen LogP contribution in [0.4, 0.5) is 4.79 Å². The quantitative estimate of drug-likeness (QED) is 0.641. The Kier molecular flexibility index (Phi) is 7.71. The van der Waals surface area contributed by atoms with Gasteiger partial charge in [0.1, 0.15) is 0 Å². The number of benzene rings is 1. The van der Waals surface area contributed by atoms with E-state index in [-0.39, 0.29) is 35.8 Å². The lowest BCUT2D eigenvalue weighted by atomic mass is 9.85. The van der Waals surface area contributed by atoms with Gasteiger partial charge in [0.15, 0.2) is 0 Å².